The molecule has 118 valence electrons. The van der Waals surface area contributed by atoms with Gasteiger partial charge in [0.25, 0.3) is 5.91 Å². The molecule has 2 N–H and O–H groups in total. The van der Waals surface area contributed by atoms with Gasteiger partial charge in [-0.2, -0.15) is 0 Å². The average Bonchev–Trinajstić information content (AvgIpc) is 2.98. The van der Waals surface area contributed by atoms with Crippen molar-refractivity contribution in [1.82, 2.24) is 15.2 Å². The molecule has 2 heterocycles. The van der Waals surface area contributed by atoms with Gasteiger partial charge < -0.3 is 9.88 Å². The highest BCUT2D eigenvalue weighted by Gasteiger charge is 2.21. The van der Waals surface area contributed by atoms with Crippen LogP contribution in [0.15, 0.2) is 36.0 Å². The molecule has 23 heavy (non-hydrogen) atoms. The monoisotopic (exact) mass is 325 g/mol. The second kappa shape index (κ2) is 6.01. The molecule has 0 spiro atoms. The van der Waals surface area contributed by atoms with Crippen LogP contribution in [-0.4, -0.2) is 15.6 Å². The molecule has 0 saturated carbocycles. The van der Waals surface area contributed by atoms with E-state index in [0.29, 0.717) is 10.8 Å². The molecule has 1 aromatic carbocycles. The molecule has 5 heteroatoms. The number of para-hydroxylation sites is 1. The molecule has 1 aliphatic heterocycles. The molecular formula is C18H19N3OS. The maximum absolute atomic E-state index is 11.8. The highest BCUT2D eigenvalue weighted by Crippen LogP contribution is 2.25. The lowest BCUT2D eigenvalue weighted by Crippen LogP contribution is -2.21. The summed E-state index contributed by atoms with van der Waals surface area (Å²) in [7, 11) is 0. The number of nitrogens with one attached hydrogen (secondary N) is 2. The Bertz CT molecular complexity index is 833. The minimum Gasteiger partial charge on any atom is -0.328 e. The number of carbonyl (C=O) groups is 1. The number of hydrogen-bond acceptors (Lipinski definition) is 2. The van der Waals surface area contributed by atoms with Crippen LogP contribution in [0.3, 0.4) is 0 Å². The van der Waals surface area contributed by atoms with E-state index in [1.807, 2.05) is 6.08 Å². The largest absolute Gasteiger partial charge is 0.328 e. The van der Waals surface area contributed by atoms with Crippen molar-refractivity contribution in [2.75, 3.05) is 0 Å². The zero-order valence-corrected chi connectivity index (χ0v) is 14.3. The first-order valence-corrected chi connectivity index (χ1v) is 8.03. The van der Waals surface area contributed by atoms with Crippen LogP contribution >= 0.6 is 12.2 Å². The van der Waals surface area contributed by atoms with E-state index in [0.717, 1.165) is 23.4 Å². The molecule has 3 rings (SSSR count). The number of amides is 1. The van der Waals surface area contributed by atoms with Crippen LogP contribution < -0.4 is 10.6 Å². The molecule has 1 fully saturated rings. The Morgan fingerprint density at radius 1 is 1.22 bits per heavy atom. The number of thiocarbonyl (C=S) groups is 1. The summed E-state index contributed by atoms with van der Waals surface area (Å²) in [6.07, 6.45) is 2.82. The summed E-state index contributed by atoms with van der Waals surface area (Å²) < 4.78 is 2.23. The first-order valence-electron chi connectivity index (χ1n) is 7.62. The van der Waals surface area contributed by atoms with Gasteiger partial charge in [0.2, 0.25) is 0 Å². The van der Waals surface area contributed by atoms with Gasteiger partial charge in [-0.15, -0.1) is 0 Å². The van der Waals surface area contributed by atoms with E-state index in [-0.39, 0.29) is 5.91 Å². The Hall–Kier alpha value is -2.40. The third kappa shape index (κ3) is 2.80. The third-order valence-electron chi connectivity index (χ3n) is 4.10. The molecule has 0 aliphatic carbocycles. The van der Waals surface area contributed by atoms with Crippen molar-refractivity contribution in [3.63, 3.8) is 0 Å². The molecular weight excluding hydrogens is 306 g/mol. The predicted octanol–water partition coefficient (Wildman–Crippen LogP) is 3.00. The zero-order chi connectivity index (χ0) is 16.6. The topological polar surface area (TPSA) is 46.1 Å². The van der Waals surface area contributed by atoms with Crippen molar-refractivity contribution >= 4 is 29.3 Å². The number of carbonyl (C=O) groups excluding carboxylic acids is 1. The van der Waals surface area contributed by atoms with Gasteiger partial charge in [-0.1, -0.05) is 25.1 Å². The molecule has 1 amide bonds. The Labute approximate surface area is 141 Å². The Kier molecular flexibility index (Phi) is 4.05. The van der Waals surface area contributed by atoms with E-state index in [4.69, 9.17) is 12.2 Å². The molecule has 0 bridgehead atoms. The lowest BCUT2D eigenvalue weighted by atomic mass is 10.1. The van der Waals surface area contributed by atoms with Gasteiger partial charge in [-0.25, -0.2) is 0 Å². The first kappa shape index (κ1) is 15.5. The minimum absolute atomic E-state index is 0.186. The lowest BCUT2D eigenvalue weighted by molar-refractivity contribution is -0.115. The molecule has 0 unspecified atom stereocenters. The predicted molar refractivity (Wildman–Crippen MR) is 96.5 cm³/mol. The summed E-state index contributed by atoms with van der Waals surface area (Å²) in [6.45, 7) is 6.30. The van der Waals surface area contributed by atoms with Crippen molar-refractivity contribution in [3.8, 4) is 5.69 Å². The fraction of sp³-hybridized carbons (Fsp3) is 0.222. The number of aromatic nitrogens is 1. The number of nitrogens with zero attached hydrogens (tertiary/aromatic N) is 1. The Balaban J connectivity index is 2.09. The van der Waals surface area contributed by atoms with Gasteiger partial charge in [0, 0.05) is 17.1 Å². The van der Waals surface area contributed by atoms with E-state index in [1.165, 1.54) is 11.3 Å². The van der Waals surface area contributed by atoms with Crippen molar-refractivity contribution < 1.29 is 4.79 Å². The summed E-state index contributed by atoms with van der Waals surface area (Å²) in [5.41, 5.74) is 6.22. The fourth-order valence-electron chi connectivity index (χ4n) is 2.97. The van der Waals surface area contributed by atoms with Gasteiger partial charge in [0.1, 0.15) is 5.70 Å². The van der Waals surface area contributed by atoms with Crippen molar-refractivity contribution in [2.24, 2.45) is 0 Å². The van der Waals surface area contributed by atoms with Crippen LogP contribution in [0, 0.1) is 13.8 Å². The van der Waals surface area contributed by atoms with Gasteiger partial charge in [-0.3, -0.25) is 10.1 Å². The lowest BCUT2D eigenvalue weighted by Gasteiger charge is -2.14. The summed E-state index contributed by atoms with van der Waals surface area (Å²) in [6, 6.07) is 10.5. The van der Waals surface area contributed by atoms with E-state index in [9.17, 15) is 4.79 Å². The number of rotatable bonds is 3. The first-order chi connectivity index (χ1) is 11.0. The second-order valence-electron chi connectivity index (χ2n) is 5.61. The van der Waals surface area contributed by atoms with Gasteiger partial charge in [0.15, 0.2) is 5.11 Å². The van der Waals surface area contributed by atoms with Crippen LogP contribution in [0.25, 0.3) is 11.8 Å². The molecule has 0 atom stereocenters. The van der Waals surface area contributed by atoms with Crippen LogP contribution in [0.2, 0.25) is 0 Å². The van der Waals surface area contributed by atoms with E-state index in [2.05, 4.69) is 66.3 Å². The highest BCUT2D eigenvalue weighted by atomic mass is 32.1. The summed E-state index contributed by atoms with van der Waals surface area (Å²) in [5.74, 6) is -0.186. The highest BCUT2D eigenvalue weighted by molar-refractivity contribution is 7.80. The smallest absolute Gasteiger partial charge is 0.273 e. The molecule has 2 aromatic rings. The quantitative estimate of drug-likeness (QED) is 0.674. The van der Waals surface area contributed by atoms with Crippen molar-refractivity contribution in [3.05, 3.63) is 58.5 Å². The number of hydrogen-bond donors (Lipinski definition) is 2. The molecule has 1 aromatic heterocycles. The average molecular weight is 325 g/mol. The van der Waals surface area contributed by atoms with Crippen LogP contribution in [0.5, 0.6) is 0 Å². The summed E-state index contributed by atoms with van der Waals surface area (Å²) >= 11 is 4.97. The number of aryl methyl sites for hydroxylation is 2. The van der Waals surface area contributed by atoms with Crippen LogP contribution in [0.4, 0.5) is 0 Å². The van der Waals surface area contributed by atoms with Crippen LogP contribution in [0.1, 0.15) is 29.4 Å². The van der Waals surface area contributed by atoms with Crippen molar-refractivity contribution in [1.29, 1.82) is 0 Å². The molecule has 1 saturated heterocycles. The summed E-state index contributed by atoms with van der Waals surface area (Å²) in [4.78, 5) is 11.8. The minimum atomic E-state index is -0.186. The second-order valence-corrected chi connectivity index (χ2v) is 6.02. The van der Waals surface area contributed by atoms with E-state index >= 15 is 0 Å². The zero-order valence-electron chi connectivity index (χ0n) is 13.4. The molecule has 1 aliphatic rings. The van der Waals surface area contributed by atoms with Gasteiger partial charge >= 0.3 is 0 Å². The number of benzene rings is 1. The molecule has 4 nitrogen and oxygen atoms in total. The van der Waals surface area contributed by atoms with Gasteiger partial charge in [-0.05, 0) is 61.8 Å². The standard InChI is InChI=1S/C18H19N3OS/c1-4-13-7-5-6-8-16(13)21-11(2)9-14(12(21)3)10-15-17(22)20-18(23)19-15/h5-10H,4H2,1-3H3,(H2,19,20,22,23)/b15-10+. The molecule has 0 radical (unpaired) electrons. The Morgan fingerprint density at radius 3 is 2.61 bits per heavy atom. The normalized spacial score (nSPS) is 15.9. The van der Waals surface area contributed by atoms with Crippen LogP contribution in [-0.2, 0) is 11.2 Å². The Morgan fingerprint density at radius 2 is 1.96 bits per heavy atom. The SMILES string of the molecule is CCc1ccccc1-n1c(C)cc(/C=C2/NC(=S)NC2=O)c1C. The van der Waals surface area contributed by atoms with Gasteiger partial charge in [0.05, 0.1) is 0 Å². The van der Waals surface area contributed by atoms with Crippen molar-refractivity contribution in [2.45, 2.75) is 27.2 Å². The maximum atomic E-state index is 11.8. The summed E-state index contributed by atoms with van der Waals surface area (Å²) in [5, 5.41) is 5.83. The fourth-order valence-corrected chi connectivity index (χ4v) is 3.17. The maximum Gasteiger partial charge on any atom is 0.273 e. The van der Waals surface area contributed by atoms with E-state index in [1.54, 1.807) is 0 Å². The third-order valence-corrected chi connectivity index (χ3v) is 4.31. The van der Waals surface area contributed by atoms with E-state index < -0.39 is 0 Å².